The van der Waals surface area contributed by atoms with Gasteiger partial charge in [0, 0.05) is 16.1 Å². The van der Waals surface area contributed by atoms with Gasteiger partial charge in [-0.3, -0.25) is 0 Å². The van der Waals surface area contributed by atoms with Crippen molar-refractivity contribution in [1.82, 2.24) is 5.32 Å². The number of ether oxygens (including phenoxy) is 1. The van der Waals surface area contributed by atoms with Crippen molar-refractivity contribution in [1.29, 1.82) is 0 Å². The zero-order valence-electron chi connectivity index (χ0n) is 12.0. The van der Waals surface area contributed by atoms with Crippen LogP contribution in [0.15, 0.2) is 53.0 Å². The highest BCUT2D eigenvalue weighted by molar-refractivity contribution is 9.10. The maximum atomic E-state index is 13.7. The number of benzene rings is 2. The molecule has 0 spiro atoms. The molecule has 2 rings (SSSR count). The molecule has 0 aliphatic heterocycles. The van der Waals surface area contributed by atoms with Gasteiger partial charge in [-0.05, 0) is 50.2 Å². The Morgan fingerprint density at radius 1 is 1.19 bits per heavy atom. The fraction of sp³-hybridized carbons (Fsp3) is 0.294. The van der Waals surface area contributed by atoms with Gasteiger partial charge in [-0.25, -0.2) is 4.39 Å². The Bertz CT molecular complexity index is 562. The summed E-state index contributed by atoms with van der Waals surface area (Å²) in [6, 6.07) is 14.7. The molecule has 4 heteroatoms. The summed E-state index contributed by atoms with van der Waals surface area (Å²) in [6.07, 6.45) is 0.870. The lowest BCUT2D eigenvalue weighted by molar-refractivity contribution is 0.305. The number of hydrogen-bond acceptors (Lipinski definition) is 2. The molecular weight excluding hydrogens is 333 g/mol. The van der Waals surface area contributed by atoms with Crippen LogP contribution in [0.1, 0.15) is 24.9 Å². The average Bonchev–Trinajstić information content (AvgIpc) is 2.50. The first-order valence-electron chi connectivity index (χ1n) is 7.03. The molecule has 21 heavy (non-hydrogen) atoms. The standard InChI is InChI=1S/C17H19BrFNO/c1-13(16-12-14(18)8-9-17(16)19)20-10-5-11-21-15-6-3-2-4-7-15/h2-4,6-9,12-13,20H,5,10-11H2,1H3. The predicted molar refractivity (Wildman–Crippen MR) is 87.1 cm³/mol. The van der Waals surface area contributed by atoms with E-state index in [2.05, 4.69) is 21.2 Å². The van der Waals surface area contributed by atoms with E-state index in [1.165, 1.54) is 6.07 Å². The van der Waals surface area contributed by atoms with Crippen LogP contribution in [-0.4, -0.2) is 13.2 Å². The van der Waals surface area contributed by atoms with Gasteiger partial charge in [0.2, 0.25) is 0 Å². The van der Waals surface area contributed by atoms with Crippen LogP contribution in [0.25, 0.3) is 0 Å². The molecule has 0 amide bonds. The van der Waals surface area contributed by atoms with Gasteiger partial charge in [-0.15, -0.1) is 0 Å². The van der Waals surface area contributed by atoms with Gasteiger partial charge in [0.1, 0.15) is 11.6 Å². The minimum Gasteiger partial charge on any atom is -0.494 e. The summed E-state index contributed by atoms with van der Waals surface area (Å²) in [5.41, 5.74) is 0.674. The largest absolute Gasteiger partial charge is 0.494 e. The highest BCUT2D eigenvalue weighted by atomic mass is 79.9. The van der Waals surface area contributed by atoms with Crippen molar-refractivity contribution in [2.45, 2.75) is 19.4 Å². The van der Waals surface area contributed by atoms with Gasteiger partial charge in [0.25, 0.3) is 0 Å². The summed E-state index contributed by atoms with van der Waals surface area (Å²) in [7, 11) is 0. The van der Waals surface area contributed by atoms with Crippen molar-refractivity contribution in [3.8, 4) is 5.75 Å². The van der Waals surface area contributed by atoms with Gasteiger partial charge in [0.15, 0.2) is 0 Å². The Morgan fingerprint density at radius 2 is 1.95 bits per heavy atom. The van der Waals surface area contributed by atoms with E-state index < -0.39 is 0 Å². The molecule has 1 N–H and O–H groups in total. The summed E-state index contributed by atoms with van der Waals surface area (Å²) in [5, 5.41) is 3.31. The maximum absolute atomic E-state index is 13.7. The molecule has 0 radical (unpaired) electrons. The third-order valence-electron chi connectivity index (χ3n) is 3.21. The van der Waals surface area contributed by atoms with Gasteiger partial charge in [-0.2, -0.15) is 0 Å². The normalized spacial score (nSPS) is 12.1. The molecule has 0 aromatic heterocycles. The van der Waals surface area contributed by atoms with Crippen LogP contribution in [0.4, 0.5) is 4.39 Å². The van der Waals surface area contributed by atoms with E-state index in [9.17, 15) is 4.39 Å². The molecule has 0 fully saturated rings. The molecule has 0 saturated heterocycles. The number of para-hydroxylation sites is 1. The highest BCUT2D eigenvalue weighted by Crippen LogP contribution is 2.21. The molecule has 1 unspecified atom stereocenters. The smallest absolute Gasteiger partial charge is 0.128 e. The Morgan fingerprint density at radius 3 is 2.71 bits per heavy atom. The molecule has 2 aromatic rings. The molecule has 0 heterocycles. The van der Waals surface area contributed by atoms with Gasteiger partial charge in [0.05, 0.1) is 6.61 Å². The lowest BCUT2D eigenvalue weighted by Gasteiger charge is -2.15. The Kier molecular flexibility index (Phi) is 6.21. The summed E-state index contributed by atoms with van der Waals surface area (Å²) >= 11 is 3.37. The summed E-state index contributed by atoms with van der Waals surface area (Å²) in [5.74, 6) is 0.697. The minimum absolute atomic E-state index is 0.0285. The van der Waals surface area contributed by atoms with Gasteiger partial charge >= 0.3 is 0 Å². The number of hydrogen-bond donors (Lipinski definition) is 1. The summed E-state index contributed by atoms with van der Waals surface area (Å²) in [6.45, 7) is 3.38. The Hall–Kier alpha value is -1.39. The fourth-order valence-corrected chi connectivity index (χ4v) is 2.43. The Labute approximate surface area is 133 Å². The lowest BCUT2D eigenvalue weighted by Crippen LogP contribution is -2.22. The van der Waals surface area contributed by atoms with Crippen molar-refractivity contribution in [3.05, 3.63) is 64.4 Å². The SMILES string of the molecule is CC(NCCCOc1ccccc1)c1cc(Br)ccc1F. The number of halogens is 2. The quantitative estimate of drug-likeness (QED) is 0.729. The van der Waals surface area contributed by atoms with Gasteiger partial charge < -0.3 is 10.1 Å². The third kappa shape index (κ3) is 5.14. The van der Waals surface area contributed by atoms with E-state index in [1.54, 1.807) is 6.07 Å². The van der Waals surface area contributed by atoms with Crippen LogP contribution >= 0.6 is 15.9 Å². The first kappa shape index (κ1) is 16.0. The molecule has 1 atom stereocenters. The first-order valence-corrected chi connectivity index (χ1v) is 7.82. The van der Waals surface area contributed by atoms with Crippen LogP contribution in [0.5, 0.6) is 5.75 Å². The second-order valence-corrected chi connectivity index (χ2v) is 5.77. The summed E-state index contributed by atoms with van der Waals surface area (Å²) < 4.78 is 20.2. The van der Waals surface area contributed by atoms with E-state index >= 15 is 0 Å². The van der Waals surface area contributed by atoms with E-state index in [0.717, 1.165) is 23.2 Å². The molecular formula is C17H19BrFNO. The minimum atomic E-state index is -0.182. The lowest BCUT2D eigenvalue weighted by atomic mass is 10.1. The Balaban J connectivity index is 1.72. The van der Waals surface area contributed by atoms with Crippen molar-refractivity contribution in [3.63, 3.8) is 0 Å². The van der Waals surface area contributed by atoms with Crippen LogP contribution in [0.3, 0.4) is 0 Å². The molecule has 0 bridgehead atoms. The molecule has 0 aliphatic carbocycles. The molecule has 112 valence electrons. The fourth-order valence-electron chi connectivity index (χ4n) is 2.05. The number of rotatable bonds is 7. The zero-order chi connectivity index (χ0) is 15.1. The molecule has 0 aliphatic rings. The van der Waals surface area contributed by atoms with Crippen LogP contribution in [-0.2, 0) is 0 Å². The predicted octanol–water partition coefficient (Wildman–Crippen LogP) is 4.71. The van der Waals surface area contributed by atoms with E-state index in [4.69, 9.17) is 4.74 Å². The summed E-state index contributed by atoms with van der Waals surface area (Å²) in [4.78, 5) is 0. The highest BCUT2D eigenvalue weighted by Gasteiger charge is 2.10. The van der Waals surface area contributed by atoms with E-state index in [0.29, 0.717) is 12.2 Å². The van der Waals surface area contributed by atoms with Crippen LogP contribution in [0, 0.1) is 5.82 Å². The first-order chi connectivity index (χ1) is 10.2. The van der Waals surface area contributed by atoms with Crippen molar-refractivity contribution >= 4 is 15.9 Å². The van der Waals surface area contributed by atoms with Crippen molar-refractivity contribution < 1.29 is 9.13 Å². The van der Waals surface area contributed by atoms with E-state index in [1.807, 2.05) is 43.3 Å². The number of nitrogens with one attached hydrogen (secondary N) is 1. The monoisotopic (exact) mass is 351 g/mol. The topological polar surface area (TPSA) is 21.3 Å². The van der Waals surface area contributed by atoms with Crippen LogP contribution in [0.2, 0.25) is 0 Å². The molecule has 2 nitrogen and oxygen atoms in total. The second-order valence-electron chi connectivity index (χ2n) is 4.86. The average molecular weight is 352 g/mol. The zero-order valence-corrected chi connectivity index (χ0v) is 13.6. The van der Waals surface area contributed by atoms with Crippen LogP contribution < -0.4 is 10.1 Å². The molecule has 2 aromatic carbocycles. The van der Waals surface area contributed by atoms with Crippen molar-refractivity contribution in [2.75, 3.05) is 13.2 Å². The van der Waals surface area contributed by atoms with Gasteiger partial charge in [-0.1, -0.05) is 34.1 Å². The maximum Gasteiger partial charge on any atom is 0.128 e. The van der Waals surface area contributed by atoms with Crippen molar-refractivity contribution in [2.24, 2.45) is 0 Å². The van der Waals surface area contributed by atoms with E-state index in [-0.39, 0.29) is 11.9 Å². The third-order valence-corrected chi connectivity index (χ3v) is 3.70. The molecule has 0 saturated carbocycles. The second kappa shape index (κ2) is 8.15.